The van der Waals surface area contributed by atoms with E-state index in [-0.39, 0.29) is 24.3 Å². The van der Waals surface area contributed by atoms with Crippen molar-refractivity contribution < 1.29 is 19.0 Å². The van der Waals surface area contributed by atoms with Gasteiger partial charge in [0.1, 0.15) is 17.2 Å². The highest BCUT2D eigenvalue weighted by molar-refractivity contribution is 5.93. The van der Waals surface area contributed by atoms with Gasteiger partial charge in [0.25, 0.3) is 0 Å². The van der Waals surface area contributed by atoms with Gasteiger partial charge in [-0.2, -0.15) is 0 Å². The van der Waals surface area contributed by atoms with Crippen molar-refractivity contribution in [1.82, 2.24) is 0 Å². The van der Waals surface area contributed by atoms with Crippen LogP contribution >= 0.6 is 0 Å². The second kappa shape index (κ2) is 10.5. The highest BCUT2D eigenvalue weighted by atomic mass is 16.5. The predicted octanol–water partition coefficient (Wildman–Crippen LogP) is 5.65. The van der Waals surface area contributed by atoms with E-state index in [1.54, 1.807) is 14.2 Å². The maximum atomic E-state index is 13.0. The van der Waals surface area contributed by atoms with Crippen molar-refractivity contribution in [1.29, 1.82) is 0 Å². The Hall–Kier alpha value is -3.47. The molecule has 0 bridgehead atoms. The monoisotopic (exact) mass is 419 g/mol. The number of hydrogen-bond acceptors (Lipinski definition) is 4. The summed E-state index contributed by atoms with van der Waals surface area (Å²) < 4.78 is 16.7. The van der Waals surface area contributed by atoms with Crippen LogP contribution in [-0.2, 0) is 4.79 Å². The van der Waals surface area contributed by atoms with Crippen molar-refractivity contribution in [2.24, 2.45) is 0 Å². The summed E-state index contributed by atoms with van der Waals surface area (Å²) in [5.74, 6) is 1.89. The molecule has 0 unspecified atom stereocenters. The van der Waals surface area contributed by atoms with Crippen LogP contribution in [0.2, 0.25) is 0 Å². The topological polar surface area (TPSA) is 56.8 Å². The second-order valence-corrected chi connectivity index (χ2v) is 7.48. The molecule has 0 radical (unpaired) electrons. The van der Waals surface area contributed by atoms with Gasteiger partial charge in [-0.25, -0.2) is 0 Å². The lowest BCUT2D eigenvalue weighted by Gasteiger charge is -2.21. The van der Waals surface area contributed by atoms with E-state index in [2.05, 4.69) is 5.32 Å². The molecular formula is C26H29NO4. The Morgan fingerprint density at radius 1 is 0.839 bits per heavy atom. The number of carbonyl (C=O) groups excluding carboxylic acids is 1. The summed E-state index contributed by atoms with van der Waals surface area (Å²) in [6.45, 7) is 3.99. The van der Waals surface area contributed by atoms with Gasteiger partial charge in [-0.1, -0.05) is 42.5 Å². The van der Waals surface area contributed by atoms with Crippen LogP contribution in [0, 0.1) is 0 Å². The molecule has 0 aromatic heterocycles. The van der Waals surface area contributed by atoms with Crippen molar-refractivity contribution >= 4 is 11.6 Å². The molecule has 0 saturated heterocycles. The molecule has 3 aromatic rings. The summed E-state index contributed by atoms with van der Waals surface area (Å²) in [5, 5.41) is 2.98. The molecule has 162 valence electrons. The number of hydrogen-bond donors (Lipinski definition) is 1. The number of methoxy groups -OCH3 is 2. The molecular weight excluding hydrogens is 390 g/mol. The van der Waals surface area contributed by atoms with Crippen LogP contribution in [0.3, 0.4) is 0 Å². The minimum Gasteiger partial charge on any atom is -0.496 e. The summed E-state index contributed by atoms with van der Waals surface area (Å²) in [6, 6.07) is 23.1. The minimum atomic E-state index is -0.182. The van der Waals surface area contributed by atoms with Gasteiger partial charge in [-0.05, 0) is 49.7 Å². The Morgan fingerprint density at radius 2 is 1.45 bits per heavy atom. The van der Waals surface area contributed by atoms with Crippen molar-refractivity contribution in [2.75, 3.05) is 19.5 Å². The van der Waals surface area contributed by atoms with E-state index in [9.17, 15) is 4.79 Å². The summed E-state index contributed by atoms with van der Waals surface area (Å²) in [5.41, 5.74) is 2.61. The van der Waals surface area contributed by atoms with Gasteiger partial charge in [0.05, 0.1) is 26.0 Å². The zero-order chi connectivity index (χ0) is 22.2. The fourth-order valence-corrected chi connectivity index (χ4v) is 3.55. The van der Waals surface area contributed by atoms with E-state index in [0.29, 0.717) is 11.4 Å². The Morgan fingerprint density at radius 3 is 2.10 bits per heavy atom. The molecule has 0 saturated carbocycles. The molecule has 3 rings (SSSR count). The number of rotatable bonds is 9. The van der Waals surface area contributed by atoms with E-state index in [4.69, 9.17) is 14.2 Å². The number of anilines is 1. The standard InChI is InChI=1S/C26H29NO4/c1-18(2)31-20-15-13-19(14-16-20)22(21-9-5-7-11-24(21)29-3)17-26(28)27-23-10-6-8-12-25(23)30-4/h5-16,18,22H,17H2,1-4H3,(H,27,28)/t22-/m0/s1. The van der Waals surface area contributed by atoms with Crippen LogP contribution in [0.5, 0.6) is 17.2 Å². The molecule has 0 spiro atoms. The van der Waals surface area contributed by atoms with E-state index >= 15 is 0 Å². The van der Waals surface area contributed by atoms with Crippen molar-refractivity contribution in [2.45, 2.75) is 32.3 Å². The highest BCUT2D eigenvalue weighted by Crippen LogP contribution is 2.36. The van der Waals surface area contributed by atoms with E-state index in [0.717, 1.165) is 22.6 Å². The van der Waals surface area contributed by atoms with Crippen LogP contribution in [0.1, 0.15) is 37.3 Å². The third-order valence-electron chi connectivity index (χ3n) is 4.94. The molecule has 0 heterocycles. The summed E-state index contributed by atoms with van der Waals surface area (Å²) in [4.78, 5) is 13.0. The smallest absolute Gasteiger partial charge is 0.225 e. The fourth-order valence-electron chi connectivity index (χ4n) is 3.55. The highest BCUT2D eigenvalue weighted by Gasteiger charge is 2.22. The molecule has 3 aromatic carbocycles. The first-order chi connectivity index (χ1) is 15.0. The number of ether oxygens (including phenoxy) is 3. The Labute approximate surface area is 184 Å². The second-order valence-electron chi connectivity index (χ2n) is 7.48. The molecule has 0 aliphatic heterocycles. The largest absolute Gasteiger partial charge is 0.496 e. The minimum absolute atomic E-state index is 0.0995. The number of amides is 1. The Bertz CT molecular complexity index is 998. The third kappa shape index (κ3) is 5.79. The average molecular weight is 420 g/mol. The third-order valence-corrected chi connectivity index (χ3v) is 4.94. The van der Waals surface area contributed by atoms with Crippen LogP contribution in [0.4, 0.5) is 5.69 Å². The van der Waals surface area contributed by atoms with Gasteiger partial charge in [-0.3, -0.25) is 4.79 Å². The predicted molar refractivity (Wildman–Crippen MR) is 123 cm³/mol. The molecule has 0 fully saturated rings. The average Bonchev–Trinajstić information content (AvgIpc) is 2.78. The van der Waals surface area contributed by atoms with Gasteiger partial charge < -0.3 is 19.5 Å². The summed E-state index contributed by atoms with van der Waals surface area (Å²) in [6.07, 6.45) is 0.352. The van der Waals surface area contributed by atoms with Crippen LogP contribution in [0.25, 0.3) is 0 Å². The molecule has 5 nitrogen and oxygen atoms in total. The lowest BCUT2D eigenvalue weighted by atomic mass is 9.87. The van der Waals surface area contributed by atoms with Gasteiger partial charge >= 0.3 is 0 Å². The SMILES string of the molecule is COc1ccccc1NC(=O)C[C@@H](c1ccc(OC(C)C)cc1)c1ccccc1OC. The van der Waals surface area contributed by atoms with Crippen molar-refractivity contribution in [3.8, 4) is 17.2 Å². The lowest BCUT2D eigenvalue weighted by Crippen LogP contribution is -2.17. The quantitative estimate of drug-likeness (QED) is 0.487. The molecule has 0 aliphatic carbocycles. The van der Waals surface area contributed by atoms with Crippen LogP contribution in [-0.4, -0.2) is 26.2 Å². The molecule has 1 atom stereocenters. The molecule has 1 amide bonds. The maximum absolute atomic E-state index is 13.0. The van der Waals surface area contributed by atoms with Crippen LogP contribution < -0.4 is 19.5 Å². The zero-order valence-corrected chi connectivity index (χ0v) is 18.4. The van der Waals surface area contributed by atoms with Crippen LogP contribution in [0.15, 0.2) is 72.8 Å². The first kappa shape index (κ1) is 22.2. The molecule has 31 heavy (non-hydrogen) atoms. The number of para-hydroxylation sites is 3. The van der Waals surface area contributed by atoms with Gasteiger partial charge in [0, 0.05) is 17.9 Å². The number of carbonyl (C=O) groups is 1. The zero-order valence-electron chi connectivity index (χ0n) is 18.4. The summed E-state index contributed by atoms with van der Waals surface area (Å²) >= 11 is 0. The normalized spacial score (nSPS) is 11.6. The Kier molecular flexibility index (Phi) is 7.55. The molecule has 1 N–H and O–H groups in total. The maximum Gasteiger partial charge on any atom is 0.225 e. The van der Waals surface area contributed by atoms with Gasteiger partial charge in [0.2, 0.25) is 5.91 Å². The first-order valence-electron chi connectivity index (χ1n) is 10.3. The lowest BCUT2D eigenvalue weighted by molar-refractivity contribution is -0.116. The van der Waals surface area contributed by atoms with E-state index < -0.39 is 0 Å². The van der Waals surface area contributed by atoms with Crippen molar-refractivity contribution in [3.05, 3.63) is 83.9 Å². The number of benzene rings is 3. The van der Waals surface area contributed by atoms with E-state index in [1.165, 1.54) is 0 Å². The van der Waals surface area contributed by atoms with E-state index in [1.807, 2.05) is 86.6 Å². The fraction of sp³-hybridized carbons (Fsp3) is 0.269. The molecule has 5 heteroatoms. The van der Waals surface area contributed by atoms with Gasteiger partial charge in [-0.15, -0.1) is 0 Å². The Balaban J connectivity index is 1.90. The number of nitrogens with one attached hydrogen (secondary N) is 1. The van der Waals surface area contributed by atoms with Crippen molar-refractivity contribution in [3.63, 3.8) is 0 Å². The van der Waals surface area contributed by atoms with Gasteiger partial charge in [0.15, 0.2) is 0 Å². The first-order valence-corrected chi connectivity index (χ1v) is 10.3. The molecule has 0 aliphatic rings. The summed E-state index contributed by atoms with van der Waals surface area (Å²) in [7, 11) is 3.23.